The van der Waals surface area contributed by atoms with Crippen molar-refractivity contribution in [1.29, 1.82) is 0 Å². The molecule has 2 N–H and O–H groups in total. The number of nitrogens with one attached hydrogen (secondary N) is 2. The van der Waals surface area contributed by atoms with Crippen LogP contribution >= 0.6 is 0 Å². The number of aliphatic imine (C=N–C) groups is 1. The van der Waals surface area contributed by atoms with Crippen molar-refractivity contribution >= 4 is 5.96 Å². The number of guanidine groups is 1. The van der Waals surface area contributed by atoms with Gasteiger partial charge in [-0.3, -0.25) is 14.9 Å². The Hall–Kier alpha value is -2.40. The van der Waals surface area contributed by atoms with Crippen LogP contribution in [-0.2, 0) is 19.4 Å². The molecule has 3 rings (SSSR count). The maximum absolute atomic E-state index is 4.34. The van der Waals surface area contributed by atoms with E-state index in [1.165, 1.54) is 17.5 Å². The number of rotatable bonds is 7. The third-order valence-electron chi connectivity index (χ3n) is 4.78. The number of hydrogen-bond acceptors (Lipinski definition) is 3. The summed E-state index contributed by atoms with van der Waals surface area (Å²) in [4.78, 5) is 11.2. The summed E-state index contributed by atoms with van der Waals surface area (Å²) in [6.45, 7) is 5.12. The molecular formula is C21H29N5. The molecule has 0 atom stereocenters. The zero-order valence-electron chi connectivity index (χ0n) is 15.6. The number of benzene rings is 1. The molecule has 1 aromatic heterocycles. The average molecular weight is 351 g/mol. The van der Waals surface area contributed by atoms with Gasteiger partial charge in [0.2, 0.25) is 0 Å². The quantitative estimate of drug-likeness (QED) is 0.456. The fraction of sp³-hybridized carbons (Fsp3) is 0.429. The Morgan fingerprint density at radius 2 is 1.88 bits per heavy atom. The first-order chi connectivity index (χ1) is 12.8. The summed E-state index contributed by atoms with van der Waals surface area (Å²) in [6, 6.07) is 14.8. The third kappa shape index (κ3) is 5.56. The van der Waals surface area contributed by atoms with Gasteiger partial charge in [-0.05, 0) is 36.1 Å². The summed E-state index contributed by atoms with van der Waals surface area (Å²) in [5.41, 5.74) is 4.10. The van der Waals surface area contributed by atoms with Crippen LogP contribution in [-0.4, -0.2) is 49.1 Å². The van der Waals surface area contributed by atoms with Crippen LogP contribution in [0.1, 0.15) is 23.2 Å². The Morgan fingerprint density at radius 1 is 1.08 bits per heavy atom. The minimum Gasteiger partial charge on any atom is -0.356 e. The zero-order valence-corrected chi connectivity index (χ0v) is 15.6. The van der Waals surface area contributed by atoms with Gasteiger partial charge in [0, 0.05) is 58.1 Å². The molecule has 26 heavy (non-hydrogen) atoms. The van der Waals surface area contributed by atoms with Crippen molar-refractivity contribution in [2.75, 3.05) is 33.2 Å². The molecule has 0 saturated heterocycles. The van der Waals surface area contributed by atoms with Crippen LogP contribution in [0, 0.1) is 0 Å². The lowest BCUT2D eigenvalue weighted by Gasteiger charge is -2.28. The van der Waals surface area contributed by atoms with Crippen LogP contribution in [0.4, 0.5) is 0 Å². The fourth-order valence-corrected chi connectivity index (χ4v) is 3.33. The molecule has 1 aromatic carbocycles. The van der Waals surface area contributed by atoms with Crippen LogP contribution in [0.2, 0.25) is 0 Å². The number of fused-ring (bicyclic) bond motifs is 1. The molecule has 2 aromatic rings. The summed E-state index contributed by atoms with van der Waals surface area (Å²) < 4.78 is 0. The lowest BCUT2D eigenvalue weighted by atomic mass is 10.00. The van der Waals surface area contributed by atoms with Gasteiger partial charge in [0.25, 0.3) is 0 Å². The highest BCUT2D eigenvalue weighted by Gasteiger charge is 2.14. The molecule has 5 heteroatoms. The molecule has 0 aliphatic carbocycles. The first kappa shape index (κ1) is 18.4. The molecule has 0 radical (unpaired) electrons. The van der Waals surface area contributed by atoms with E-state index < -0.39 is 0 Å². The van der Waals surface area contributed by atoms with Crippen LogP contribution in [0.15, 0.2) is 53.7 Å². The number of nitrogens with zero attached hydrogens (tertiary/aromatic N) is 3. The molecule has 5 nitrogen and oxygen atoms in total. The van der Waals surface area contributed by atoms with Gasteiger partial charge in [-0.2, -0.15) is 0 Å². The summed E-state index contributed by atoms with van der Waals surface area (Å²) >= 11 is 0. The topological polar surface area (TPSA) is 52.6 Å². The smallest absolute Gasteiger partial charge is 0.190 e. The molecule has 1 aliphatic heterocycles. The van der Waals surface area contributed by atoms with Crippen molar-refractivity contribution in [2.45, 2.75) is 25.8 Å². The molecule has 0 unspecified atom stereocenters. The average Bonchev–Trinajstić information content (AvgIpc) is 2.70. The predicted molar refractivity (Wildman–Crippen MR) is 107 cm³/mol. The van der Waals surface area contributed by atoms with Gasteiger partial charge < -0.3 is 10.6 Å². The second-order valence-electron chi connectivity index (χ2n) is 6.65. The lowest BCUT2D eigenvalue weighted by molar-refractivity contribution is 0.251. The summed E-state index contributed by atoms with van der Waals surface area (Å²) in [5, 5.41) is 6.76. The second kappa shape index (κ2) is 9.92. The summed E-state index contributed by atoms with van der Waals surface area (Å²) in [6.07, 6.45) is 5.01. The van der Waals surface area contributed by atoms with E-state index >= 15 is 0 Å². The largest absolute Gasteiger partial charge is 0.356 e. The zero-order chi connectivity index (χ0) is 18.0. The van der Waals surface area contributed by atoms with Crippen molar-refractivity contribution in [3.05, 3.63) is 65.5 Å². The molecule has 0 saturated carbocycles. The van der Waals surface area contributed by atoms with Crippen LogP contribution in [0.5, 0.6) is 0 Å². The first-order valence-electron chi connectivity index (χ1n) is 9.49. The van der Waals surface area contributed by atoms with Crippen molar-refractivity contribution < 1.29 is 0 Å². The van der Waals surface area contributed by atoms with Crippen molar-refractivity contribution in [3.8, 4) is 0 Å². The molecule has 0 fully saturated rings. The van der Waals surface area contributed by atoms with Crippen LogP contribution in [0.25, 0.3) is 0 Å². The standard InChI is InChI=1S/C21H29N5/c1-22-21(25-14-10-20-9-4-5-12-23-20)24-13-6-15-26-16-11-18-7-2-3-8-19(18)17-26/h2-5,7-9,12H,6,10-11,13-17H2,1H3,(H2,22,24,25). The Balaban J connectivity index is 1.31. The molecular weight excluding hydrogens is 322 g/mol. The van der Waals surface area contributed by atoms with Gasteiger partial charge in [0.05, 0.1) is 0 Å². The number of aromatic nitrogens is 1. The van der Waals surface area contributed by atoms with Crippen molar-refractivity contribution in [3.63, 3.8) is 0 Å². The molecule has 0 amide bonds. The van der Waals surface area contributed by atoms with E-state index in [4.69, 9.17) is 0 Å². The fourth-order valence-electron chi connectivity index (χ4n) is 3.33. The highest BCUT2D eigenvalue weighted by Crippen LogP contribution is 2.18. The van der Waals surface area contributed by atoms with Gasteiger partial charge in [0.15, 0.2) is 5.96 Å². The highest BCUT2D eigenvalue weighted by atomic mass is 15.2. The maximum atomic E-state index is 4.34. The van der Waals surface area contributed by atoms with E-state index in [9.17, 15) is 0 Å². The van der Waals surface area contributed by atoms with Gasteiger partial charge in [0.1, 0.15) is 0 Å². The van der Waals surface area contributed by atoms with E-state index in [1.54, 1.807) is 0 Å². The minimum atomic E-state index is 0.833. The van der Waals surface area contributed by atoms with E-state index in [0.717, 1.165) is 57.2 Å². The Morgan fingerprint density at radius 3 is 2.69 bits per heavy atom. The van der Waals surface area contributed by atoms with Gasteiger partial charge in [-0.1, -0.05) is 30.3 Å². The monoisotopic (exact) mass is 351 g/mol. The SMILES string of the molecule is CN=C(NCCCN1CCc2ccccc2C1)NCCc1ccccn1. The van der Waals surface area contributed by atoms with Gasteiger partial charge in [-0.15, -0.1) is 0 Å². The van der Waals surface area contributed by atoms with Gasteiger partial charge >= 0.3 is 0 Å². The summed E-state index contributed by atoms with van der Waals surface area (Å²) in [5.74, 6) is 0.866. The number of pyridine rings is 1. The van der Waals surface area contributed by atoms with Crippen molar-refractivity contribution in [1.82, 2.24) is 20.5 Å². The van der Waals surface area contributed by atoms with Gasteiger partial charge in [-0.25, -0.2) is 0 Å². The summed E-state index contributed by atoms with van der Waals surface area (Å²) in [7, 11) is 1.82. The molecule has 138 valence electrons. The maximum Gasteiger partial charge on any atom is 0.190 e. The Kier molecular flexibility index (Phi) is 7.02. The van der Waals surface area contributed by atoms with Crippen molar-refractivity contribution in [2.24, 2.45) is 4.99 Å². The molecule has 0 spiro atoms. The Labute approximate surface area is 156 Å². The van der Waals surface area contributed by atoms with Crippen LogP contribution in [0.3, 0.4) is 0 Å². The van der Waals surface area contributed by atoms with E-state index in [2.05, 4.69) is 55.8 Å². The third-order valence-corrected chi connectivity index (χ3v) is 4.78. The highest BCUT2D eigenvalue weighted by molar-refractivity contribution is 5.79. The first-order valence-corrected chi connectivity index (χ1v) is 9.49. The van der Waals surface area contributed by atoms with E-state index in [1.807, 2.05) is 25.4 Å². The normalized spacial score (nSPS) is 14.7. The predicted octanol–water partition coefficient (Wildman–Crippen LogP) is 2.24. The number of hydrogen-bond donors (Lipinski definition) is 2. The van der Waals surface area contributed by atoms with E-state index in [-0.39, 0.29) is 0 Å². The lowest BCUT2D eigenvalue weighted by Crippen LogP contribution is -2.40. The Bertz CT molecular complexity index is 699. The second-order valence-corrected chi connectivity index (χ2v) is 6.65. The van der Waals surface area contributed by atoms with E-state index in [0.29, 0.717) is 0 Å². The van der Waals surface area contributed by atoms with Crippen LogP contribution < -0.4 is 10.6 Å². The molecule has 2 heterocycles. The minimum absolute atomic E-state index is 0.833. The molecule has 0 bridgehead atoms. The molecule has 1 aliphatic rings.